The van der Waals surface area contributed by atoms with Crippen LogP contribution in [0.2, 0.25) is 0 Å². The molecule has 2 heterocycles. The predicted molar refractivity (Wildman–Crippen MR) is 80.0 cm³/mol. The molecule has 1 N–H and O–H groups in total. The Kier molecular flexibility index (Phi) is 6.18. The predicted octanol–water partition coefficient (Wildman–Crippen LogP) is -0.390. The molecule has 2 saturated heterocycles. The van der Waals surface area contributed by atoms with Gasteiger partial charge in [0.05, 0.1) is 13.2 Å². The number of likely N-dealkylation sites (tertiary alicyclic amines) is 1. The molecule has 0 aromatic carbocycles. The lowest BCUT2D eigenvalue weighted by atomic mass is 9.95. The first-order chi connectivity index (χ1) is 10.6. The number of ether oxygens (including phenoxy) is 1. The molecule has 2 rings (SSSR count). The van der Waals surface area contributed by atoms with E-state index in [-0.39, 0.29) is 23.6 Å². The Balaban J connectivity index is 1.71. The molecule has 0 aromatic heterocycles. The van der Waals surface area contributed by atoms with Crippen LogP contribution < -0.4 is 5.32 Å². The second-order valence-electron chi connectivity index (χ2n) is 5.83. The highest BCUT2D eigenvalue weighted by Gasteiger charge is 2.30. The highest BCUT2D eigenvalue weighted by atomic mass is 16.5. The Morgan fingerprint density at radius 3 is 2.27 bits per heavy atom. The maximum absolute atomic E-state index is 12.4. The van der Waals surface area contributed by atoms with Gasteiger partial charge in [-0.15, -0.1) is 0 Å². The Morgan fingerprint density at radius 1 is 1.05 bits per heavy atom. The number of amides is 3. The number of nitrogens with zero attached hydrogens (tertiary/aromatic N) is 2. The van der Waals surface area contributed by atoms with Crippen LogP contribution in [0, 0.1) is 5.92 Å². The van der Waals surface area contributed by atoms with E-state index in [9.17, 15) is 14.4 Å². The number of rotatable bonds is 4. The van der Waals surface area contributed by atoms with Crippen molar-refractivity contribution in [1.82, 2.24) is 15.1 Å². The molecule has 2 aliphatic rings. The van der Waals surface area contributed by atoms with Gasteiger partial charge in [0, 0.05) is 52.0 Å². The standard InChI is InChI=1S/C15H25N3O4/c1-12(19)16-5-2-14(20)17-6-3-13(4-7-17)15(21)18-8-10-22-11-9-18/h13H,2-11H2,1H3,(H,16,19). The minimum absolute atomic E-state index is 0.0255. The van der Waals surface area contributed by atoms with Crippen LogP contribution in [0.3, 0.4) is 0 Å². The molecule has 0 saturated carbocycles. The minimum Gasteiger partial charge on any atom is -0.378 e. The highest BCUT2D eigenvalue weighted by Crippen LogP contribution is 2.20. The zero-order valence-electron chi connectivity index (χ0n) is 13.2. The third-order valence-corrected chi connectivity index (χ3v) is 4.23. The molecule has 2 fully saturated rings. The largest absolute Gasteiger partial charge is 0.378 e. The SMILES string of the molecule is CC(=O)NCCC(=O)N1CCC(C(=O)N2CCOCC2)CC1. The smallest absolute Gasteiger partial charge is 0.225 e. The van der Waals surface area contributed by atoms with Crippen LogP contribution in [-0.4, -0.2) is 73.5 Å². The van der Waals surface area contributed by atoms with Crippen molar-refractivity contribution in [3.8, 4) is 0 Å². The van der Waals surface area contributed by atoms with E-state index in [1.54, 1.807) is 4.90 Å². The monoisotopic (exact) mass is 311 g/mol. The summed E-state index contributed by atoms with van der Waals surface area (Å²) in [5.41, 5.74) is 0. The molecule has 0 atom stereocenters. The number of nitrogens with one attached hydrogen (secondary N) is 1. The van der Waals surface area contributed by atoms with Crippen LogP contribution in [0.25, 0.3) is 0 Å². The molecule has 124 valence electrons. The molecule has 7 nitrogen and oxygen atoms in total. The van der Waals surface area contributed by atoms with Crippen molar-refractivity contribution < 1.29 is 19.1 Å². The molecule has 7 heteroatoms. The molecule has 2 aliphatic heterocycles. The van der Waals surface area contributed by atoms with E-state index in [1.807, 2.05) is 4.90 Å². The normalized spacial score (nSPS) is 19.9. The van der Waals surface area contributed by atoms with Crippen molar-refractivity contribution in [3.05, 3.63) is 0 Å². The van der Waals surface area contributed by atoms with Crippen LogP contribution in [0.1, 0.15) is 26.2 Å². The summed E-state index contributed by atoms with van der Waals surface area (Å²) in [7, 11) is 0. The fraction of sp³-hybridized carbons (Fsp3) is 0.800. The minimum atomic E-state index is -0.123. The van der Waals surface area contributed by atoms with Gasteiger partial charge >= 0.3 is 0 Å². The van der Waals surface area contributed by atoms with Gasteiger partial charge < -0.3 is 19.9 Å². The third kappa shape index (κ3) is 4.69. The lowest BCUT2D eigenvalue weighted by molar-refractivity contribution is -0.143. The average molecular weight is 311 g/mol. The van der Waals surface area contributed by atoms with E-state index < -0.39 is 0 Å². The van der Waals surface area contributed by atoms with E-state index in [2.05, 4.69) is 5.32 Å². The topological polar surface area (TPSA) is 79.0 Å². The lowest BCUT2D eigenvalue weighted by Gasteiger charge is -2.35. The van der Waals surface area contributed by atoms with Crippen LogP contribution in [0.4, 0.5) is 0 Å². The zero-order chi connectivity index (χ0) is 15.9. The van der Waals surface area contributed by atoms with Crippen molar-refractivity contribution in [1.29, 1.82) is 0 Å². The summed E-state index contributed by atoms with van der Waals surface area (Å²) in [6.07, 6.45) is 1.77. The fourth-order valence-corrected chi connectivity index (χ4v) is 2.92. The molecule has 3 amide bonds. The van der Waals surface area contributed by atoms with Gasteiger partial charge in [-0.25, -0.2) is 0 Å². The van der Waals surface area contributed by atoms with E-state index >= 15 is 0 Å². The molecule has 0 bridgehead atoms. The number of hydrogen-bond donors (Lipinski definition) is 1. The average Bonchev–Trinajstić information content (AvgIpc) is 2.54. The van der Waals surface area contributed by atoms with E-state index in [4.69, 9.17) is 4.74 Å². The molecule has 0 radical (unpaired) electrons. The Labute approximate surface area is 131 Å². The molecule has 0 aromatic rings. The van der Waals surface area contributed by atoms with E-state index in [0.717, 1.165) is 12.8 Å². The molecular weight excluding hydrogens is 286 g/mol. The number of carbonyl (C=O) groups is 3. The first kappa shape index (κ1) is 16.7. The van der Waals surface area contributed by atoms with Crippen molar-refractivity contribution in [2.45, 2.75) is 26.2 Å². The summed E-state index contributed by atoms with van der Waals surface area (Å²) in [6, 6.07) is 0. The second-order valence-corrected chi connectivity index (χ2v) is 5.83. The summed E-state index contributed by atoms with van der Waals surface area (Å²) >= 11 is 0. The molecule has 0 aliphatic carbocycles. The fourth-order valence-electron chi connectivity index (χ4n) is 2.92. The summed E-state index contributed by atoms with van der Waals surface area (Å²) in [5.74, 6) is 0.153. The lowest BCUT2D eigenvalue weighted by Crippen LogP contribution is -2.47. The first-order valence-electron chi connectivity index (χ1n) is 7.96. The Bertz CT molecular complexity index is 413. The van der Waals surface area contributed by atoms with Gasteiger partial charge in [-0.1, -0.05) is 0 Å². The third-order valence-electron chi connectivity index (χ3n) is 4.23. The molecule has 0 spiro atoms. The van der Waals surface area contributed by atoms with Gasteiger partial charge in [-0.2, -0.15) is 0 Å². The number of hydrogen-bond acceptors (Lipinski definition) is 4. The van der Waals surface area contributed by atoms with Gasteiger partial charge in [-0.05, 0) is 12.8 Å². The van der Waals surface area contributed by atoms with Gasteiger partial charge in [0.2, 0.25) is 17.7 Å². The number of morpholine rings is 1. The maximum Gasteiger partial charge on any atom is 0.225 e. The quantitative estimate of drug-likeness (QED) is 0.767. The van der Waals surface area contributed by atoms with Crippen molar-refractivity contribution in [3.63, 3.8) is 0 Å². The van der Waals surface area contributed by atoms with Crippen LogP contribution in [0.15, 0.2) is 0 Å². The maximum atomic E-state index is 12.4. The van der Waals surface area contributed by atoms with Crippen molar-refractivity contribution >= 4 is 17.7 Å². The highest BCUT2D eigenvalue weighted by molar-refractivity contribution is 5.80. The summed E-state index contributed by atoms with van der Waals surface area (Å²) < 4.78 is 5.26. The van der Waals surface area contributed by atoms with Crippen molar-refractivity contribution in [2.24, 2.45) is 5.92 Å². The van der Waals surface area contributed by atoms with Gasteiger partial charge in [0.15, 0.2) is 0 Å². The van der Waals surface area contributed by atoms with Crippen LogP contribution in [0.5, 0.6) is 0 Å². The summed E-state index contributed by atoms with van der Waals surface area (Å²) in [6.45, 7) is 5.65. The first-order valence-corrected chi connectivity index (χ1v) is 7.96. The van der Waals surface area contributed by atoms with Crippen LogP contribution >= 0.6 is 0 Å². The Morgan fingerprint density at radius 2 is 1.68 bits per heavy atom. The van der Waals surface area contributed by atoms with Crippen molar-refractivity contribution in [2.75, 3.05) is 45.9 Å². The van der Waals surface area contributed by atoms with E-state index in [1.165, 1.54) is 6.92 Å². The van der Waals surface area contributed by atoms with Gasteiger partial charge in [-0.3, -0.25) is 14.4 Å². The number of carbonyl (C=O) groups excluding carboxylic acids is 3. The zero-order valence-corrected chi connectivity index (χ0v) is 13.2. The molecular formula is C15H25N3O4. The van der Waals surface area contributed by atoms with Gasteiger partial charge in [0.25, 0.3) is 0 Å². The van der Waals surface area contributed by atoms with Crippen LogP contribution in [-0.2, 0) is 19.1 Å². The molecule has 22 heavy (non-hydrogen) atoms. The molecule has 0 unspecified atom stereocenters. The van der Waals surface area contributed by atoms with E-state index in [0.29, 0.717) is 52.4 Å². The number of piperidine rings is 1. The van der Waals surface area contributed by atoms with Gasteiger partial charge in [0.1, 0.15) is 0 Å². The Hall–Kier alpha value is -1.63. The summed E-state index contributed by atoms with van der Waals surface area (Å²) in [5, 5.41) is 2.63. The summed E-state index contributed by atoms with van der Waals surface area (Å²) in [4.78, 5) is 38.9. The second kappa shape index (κ2) is 8.12.